The van der Waals surface area contributed by atoms with Gasteiger partial charge in [0, 0.05) is 34.5 Å². The number of aryl methyl sites for hydroxylation is 1. The van der Waals surface area contributed by atoms with Crippen LogP contribution in [0.2, 0.25) is 0 Å². The second kappa shape index (κ2) is 8.55. The summed E-state index contributed by atoms with van der Waals surface area (Å²) in [5.74, 6) is 0.598. The molecule has 32 heavy (non-hydrogen) atoms. The third-order valence-corrected chi connectivity index (χ3v) is 5.95. The Bertz CT molecular complexity index is 1360. The summed E-state index contributed by atoms with van der Waals surface area (Å²) in [7, 11) is 0. The smallest absolute Gasteiger partial charge is 0.259 e. The number of rotatable bonds is 4. The van der Waals surface area contributed by atoms with Gasteiger partial charge in [-0.15, -0.1) is 0 Å². The standard InChI is InChI=1S/C24H19BrN4O3/c25-19-8-3-6-17(13-19)23-26-24(32-27-23)18-10-11-21(30)28(14-18)15-22(31)29-12-4-7-16-5-1-2-9-20(16)29/h1-3,5-6,8-11,13-14H,4,7,12,15H2. The molecule has 1 amide bonds. The van der Waals surface area contributed by atoms with Gasteiger partial charge < -0.3 is 14.0 Å². The van der Waals surface area contributed by atoms with Gasteiger partial charge in [-0.2, -0.15) is 4.98 Å². The molecule has 0 atom stereocenters. The zero-order valence-electron chi connectivity index (χ0n) is 17.1. The summed E-state index contributed by atoms with van der Waals surface area (Å²) in [6.07, 6.45) is 3.44. The summed E-state index contributed by atoms with van der Waals surface area (Å²) >= 11 is 3.43. The lowest BCUT2D eigenvalue weighted by Crippen LogP contribution is -2.39. The van der Waals surface area contributed by atoms with Crippen LogP contribution >= 0.6 is 15.9 Å². The molecular weight excluding hydrogens is 472 g/mol. The van der Waals surface area contributed by atoms with Crippen LogP contribution in [0.15, 0.2) is 80.7 Å². The van der Waals surface area contributed by atoms with Crippen molar-refractivity contribution in [2.45, 2.75) is 19.4 Å². The first-order valence-corrected chi connectivity index (χ1v) is 11.1. The molecule has 1 aliphatic rings. The van der Waals surface area contributed by atoms with E-state index in [1.54, 1.807) is 17.2 Å². The van der Waals surface area contributed by atoms with Gasteiger partial charge in [0.15, 0.2) is 0 Å². The Balaban J connectivity index is 1.41. The van der Waals surface area contributed by atoms with Gasteiger partial charge in [-0.1, -0.05) is 51.4 Å². The third-order valence-electron chi connectivity index (χ3n) is 5.46. The maximum absolute atomic E-state index is 13.1. The summed E-state index contributed by atoms with van der Waals surface area (Å²) in [6.45, 7) is 0.581. The third kappa shape index (κ3) is 4.01. The minimum Gasteiger partial charge on any atom is -0.334 e. The lowest BCUT2D eigenvalue weighted by molar-refractivity contribution is -0.119. The zero-order chi connectivity index (χ0) is 22.1. The molecule has 7 nitrogen and oxygen atoms in total. The molecule has 0 saturated heterocycles. The topological polar surface area (TPSA) is 81.2 Å². The minimum absolute atomic E-state index is 0.0619. The molecule has 5 rings (SSSR count). The summed E-state index contributed by atoms with van der Waals surface area (Å²) in [6, 6.07) is 18.5. The Morgan fingerprint density at radius 1 is 1.06 bits per heavy atom. The Kier molecular flexibility index (Phi) is 5.45. The van der Waals surface area contributed by atoms with Crippen molar-refractivity contribution in [3.8, 4) is 22.8 Å². The summed E-state index contributed by atoms with van der Waals surface area (Å²) < 4.78 is 7.72. The monoisotopic (exact) mass is 490 g/mol. The number of hydrogen-bond acceptors (Lipinski definition) is 5. The molecule has 0 N–H and O–H groups in total. The van der Waals surface area contributed by atoms with E-state index in [1.807, 2.05) is 48.5 Å². The second-order valence-corrected chi connectivity index (χ2v) is 8.51. The molecule has 0 fully saturated rings. The fourth-order valence-electron chi connectivity index (χ4n) is 3.89. The summed E-state index contributed by atoms with van der Waals surface area (Å²) in [5, 5.41) is 4.05. The molecule has 4 aromatic rings. The number of anilines is 1. The summed E-state index contributed by atoms with van der Waals surface area (Å²) in [5.41, 5.74) is 3.19. The highest BCUT2D eigenvalue weighted by molar-refractivity contribution is 9.10. The second-order valence-electron chi connectivity index (χ2n) is 7.60. The molecule has 160 valence electrons. The van der Waals surface area contributed by atoms with Crippen LogP contribution < -0.4 is 10.5 Å². The van der Waals surface area contributed by atoms with Gasteiger partial charge in [0.25, 0.3) is 11.4 Å². The number of carbonyl (C=O) groups excluding carboxylic acids is 1. The van der Waals surface area contributed by atoms with Crippen LogP contribution in [0.5, 0.6) is 0 Å². The van der Waals surface area contributed by atoms with Crippen LogP contribution in [-0.4, -0.2) is 27.2 Å². The lowest BCUT2D eigenvalue weighted by Gasteiger charge is -2.29. The number of amides is 1. The first-order valence-electron chi connectivity index (χ1n) is 10.3. The van der Waals surface area contributed by atoms with E-state index in [2.05, 4.69) is 26.1 Å². The van der Waals surface area contributed by atoms with Crippen molar-refractivity contribution >= 4 is 27.5 Å². The predicted octanol–water partition coefficient (Wildman–Crippen LogP) is 4.31. The first-order chi connectivity index (χ1) is 15.6. The van der Waals surface area contributed by atoms with E-state index in [9.17, 15) is 9.59 Å². The number of benzene rings is 2. The highest BCUT2D eigenvalue weighted by Gasteiger charge is 2.23. The van der Waals surface area contributed by atoms with E-state index < -0.39 is 0 Å². The van der Waals surface area contributed by atoms with E-state index in [0.717, 1.165) is 34.1 Å². The van der Waals surface area contributed by atoms with Crippen molar-refractivity contribution in [1.29, 1.82) is 0 Å². The van der Waals surface area contributed by atoms with E-state index >= 15 is 0 Å². The van der Waals surface area contributed by atoms with Gasteiger partial charge in [0.1, 0.15) is 6.54 Å². The van der Waals surface area contributed by atoms with Crippen molar-refractivity contribution < 1.29 is 9.32 Å². The van der Waals surface area contributed by atoms with E-state index in [0.29, 0.717) is 17.9 Å². The number of fused-ring (bicyclic) bond motifs is 1. The van der Waals surface area contributed by atoms with Crippen LogP contribution in [0.4, 0.5) is 5.69 Å². The number of para-hydroxylation sites is 1. The zero-order valence-corrected chi connectivity index (χ0v) is 18.7. The van der Waals surface area contributed by atoms with Crippen LogP contribution in [0.3, 0.4) is 0 Å². The van der Waals surface area contributed by atoms with E-state index in [-0.39, 0.29) is 23.9 Å². The lowest BCUT2D eigenvalue weighted by atomic mass is 10.0. The van der Waals surface area contributed by atoms with E-state index in [1.165, 1.54) is 10.6 Å². The fraction of sp³-hybridized carbons (Fsp3) is 0.167. The van der Waals surface area contributed by atoms with Crippen LogP contribution in [0, 0.1) is 0 Å². The Morgan fingerprint density at radius 3 is 2.81 bits per heavy atom. The molecule has 0 bridgehead atoms. The number of carbonyl (C=O) groups is 1. The molecule has 0 aliphatic carbocycles. The van der Waals surface area contributed by atoms with Crippen LogP contribution in [-0.2, 0) is 17.8 Å². The van der Waals surface area contributed by atoms with Crippen LogP contribution in [0.25, 0.3) is 22.8 Å². The molecule has 8 heteroatoms. The average Bonchev–Trinajstić information content (AvgIpc) is 3.30. The highest BCUT2D eigenvalue weighted by atomic mass is 79.9. The molecule has 3 heterocycles. The van der Waals surface area contributed by atoms with Gasteiger partial charge in [0.2, 0.25) is 11.7 Å². The molecule has 1 aliphatic heterocycles. The fourth-order valence-corrected chi connectivity index (χ4v) is 4.29. The largest absolute Gasteiger partial charge is 0.334 e. The number of aromatic nitrogens is 3. The van der Waals surface area contributed by atoms with Crippen molar-refractivity contribution in [3.05, 3.63) is 87.3 Å². The molecule has 0 unspecified atom stereocenters. The van der Waals surface area contributed by atoms with Crippen molar-refractivity contribution in [2.75, 3.05) is 11.4 Å². The maximum atomic E-state index is 13.1. The Labute approximate surface area is 192 Å². The molecular formula is C24H19BrN4O3. The average molecular weight is 491 g/mol. The molecule has 0 spiro atoms. The number of halogens is 1. The number of hydrogen-bond donors (Lipinski definition) is 0. The normalized spacial score (nSPS) is 13.1. The first kappa shape index (κ1) is 20.4. The molecule has 0 radical (unpaired) electrons. The highest BCUT2D eigenvalue weighted by Crippen LogP contribution is 2.27. The Morgan fingerprint density at radius 2 is 1.94 bits per heavy atom. The van der Waals surface area contributed by atoms with Gasteiger partial charge >= 0.3 is 0 Å². The molecule has 2 aromatic heterocycles. The predicted molar refractivity (Wildman–Crippen MR) is 124 cm³/mol. The van der Waals surface area contributed by atoms with Crippen LogP contribution in [0.1, 0.15) is 12.0 Å². The van der Waals surface area contributed by atoms with Crippen molar-refractivity contribution in [1.82, 2.24) is 14.7 Å². The summed E-state index contributed by atoms with van der Waals surface area (Å²) in [4.78, 5) is 31.7. The SMILES string of the molecule is O=C(Cn1cc(-c2nc(-c3cccc(Br)c3)no2)ccc1=O)N1CCCc2ccccc21. The number of pyridine rings is 1. The maximum Gasteiger partial charge on any atom is 0.259 e. The quantitative estimate of drug-likeness (QED) is 0.425. The van der Waals surface area contributed by atoms with E-state index in [4.69, 9.17) is 4.52 Å². The van der Waals surface area contributed by atoms with Crippen molar-refractivity contribution in [3.63, 3.8) is 0 Å². The van der Waals surface area contributed by atoms with Crippen molar-refractivity contribution in [2.24, 2.45) is 0 Å². The van der Waals surface area contributed by atoms with Gasteiger partial charge in [-0.3, -0.25) is 9.59 Å². The molecule has 0 saturated carbocycles. The number of nitrogens with zero attached hydrogens (tertiary/aromatic N) is 4. The van der Waals surface area contributed by atoms with Gasteiger partial charge in [0.05, 0.1) is 5.56 Å². The van der Waals surface area contributed by atoms with Gasteiger partial charge in [-0.25, -0.2) is 0 Å². The Hall–Kier alpha value is -3.52. The molecule has 2 aromatic carbocycles. The minimum atomic E-state index is -0.265. The van der Waals surface area contributed by atoms with Gasteiger partial charge in [-0.05, 0) is 42.7 Å².